The molecular weight excluding hydrogens is 206 g/mol. The molecule has 0 aliphatic rings. The molecule has 0 bridgehead atoms. The van der Waals surface area contributed by atoms with Gasteiger partial charge in [0.15, 0.2) is 11.5 Å². The zero-order chi connectivity index (χ0) is 12.1. The van der Waals surface area contributed by atoms with E-state index in [1.807, 2.05) is 19.1 Å². The van der Waals surface area contributed by atoms with Crippen LogP contribution in [-0.2, 0) is 0 Å². The van der Waals surface area contributed by atoms with Crippen molar-refractivity contribution in [2.75, 3.05) is 28.4 Å². The van der Waals surface area contributed by atoms with E-state index in [-0.39, 0.29) is 0 Å². The second-order valence-corrected chi connectivity index (χ2v) is 3.22. The number of methoxy groups -OCH3 is 3. The Morgan fingerprint density at radius 2 is 1.50 bits per heavy atom. The van der Waals surface area contributed by atoms with Gasteiger partial charge in [0.2, 0.25) is 5.75 Å². The molecule has 1 aromatic rings. The molecule has 4 heteroatoms. The minimum atomic E-state index is 0.595. The minimum absolute atomic E-state index is 0.595. The van der Waals surface area contributed by atoms with Crippen LogP contribution in [0, 0.1) is 0 Å². The molecule has 0 fully saturated rings. The molecular formula is C12H17NO3. The highest BCUT2D eigenvalue weighted by molar-refractivity contribution is 5.99. The van der Waals surface area contributed by atoms with E-state index in [0.717, 1.165) is 11.3 Å². The first kappa shape index (κ1) is 12.4. The van der Waals surface area contributed by atoms with Gasteiger partial charge in [-0.2, -0.15) is 0 Å². The average molecular weight is 223 g/mol. The van der Waals surface area contributed by atoms with Gasteiger partial charge in [-0.25, -0.2) is 0 Å². The van der Waals surface area contributed by atoms with Gasteiger partial charge in [0, 0.05) is 18.3 Å². The van der Waals surface area contributed by atoms with E-state index < -0.39 is 0 Å². The lowest BCUT2D eigenvalue weighted by Crippen LogP contribution is -2.00. The first-order valence-electron chi connectivity index (χ1n) is 4.91. The largest absolute Gasteiger partial charge is 0.493 e. The zero-order valence-electron chi connectivity index (χ0n) is 10.3. The SMILES string of the molecule is CN=C(C)c1cc(OC)c(OC)c(OC)c1. The fourth-order valence-electron chi connectivity index (χ4n) is 1.42. The maximum Gasteiger partial charge on any atom is 0.203 e. The second-order valence-electron chi connectivity index (χ2n) is 3.22. The average Bonchev–Trinajstić information content (AvgIpc) is 2.35. The lowest BCUT2D eigenvalue weighted by Gasteiger charge is -2.13. The third-order valence-electron chi connectivity index (χ3n) is 2.42. The quantitative estimate of drug-likeness (QED) is 0.734. The van der Waals surface area contributed by atoms with Crippen molar-refractivity contribution in [1.29, 1.82) is 0 Å². The lowest BCUT2D eigenvalue weighted by molar-refractivity contribution is 0.324. The summed E-state index contributed by atoms with van der Waals surface area (Å²) in [6.07, 6.45) is 0. The van der Waals surface area contributed by atoms with Crippen LogP contribution in [0.15, 0.2) is 17.1 Å². The number of aliphatic imine (C=N–C) groups is 1. The normalized spacial score (nSPS) is 11.2. The molecule has 1 rings (SSSR count). The summed E-state index contributed by atoms with van der Waals surface area (Å²) in [5, 5.41) is 0. The van der Waals surface area contributed by atoms with Crippen LogP contribution in [0.5, 0.6) is 17.2 Å². The summed E-state index contributed by atoms with van der Waals surface area (Å²) in [5.41, 5.74) is 1.87. The third-order valence-corrected chi connectivity index (χ3v) is 2.42. The van der Waals surface area contributed by atoms with Gasteiger partial charge < -0.3 is 14.2 Å². The zero-order valence-corrected chi connectivity index (χ0v) is 10.3. The van der Waals surface area contributed by atoms with Crippen LogP contribution in [0.1, 0.15) is 12.5 Å². The van der Waals surface area contributed by atoms with Gasteiger partial charge in [0.1, 0.15) is 0 Å². The van der Waals surface area contributed by atoms with E-state index >= 15 is 0 Å². The summed E-state index contributed by atoms with van der Waals surface area (Å²) < 4.78 is 15.7. The number of rotatable bonds is 4. The van der Waals surface area contributed by atoms with Crippen LogP contribution in [0.25, 0.3) is 0 Å². The third kappa shape index (κ3) is 2.27. The molecule has 0 saturated carbocycles. The van der Waals surface area contributed by atoms with E-state index in [0.29, 0.717) is 17.2 Å². The Kier molecular flexibility index (Phi) is 4.17. The monoisotopic (exact) mass is 223 g/mol. The Morgan fingerprint density at radius 1 is 1.00 bits per heavy atom. The number of benzene rings is 1. The van der Waals surface area contributed by atoms with Crippen LogP contribution < -0.4 is 14.2 Å². The molecule has 88 valence electrons. The van der Waals surface area contributed by atoms with Crippen LogP contribution in [0.3, 0.4) is 0 Å². The van der Waals surface area contributed by atoms with Crippen molar-refractivity contribution in [3.63, 3.8) is 0 Å². The summed E-state index contributed by atoms with van der Waals surface area (Å²) in [7, 11) is 6.53. The van der Waals surface area contributed by atoms with Gasteiger partial charge in [0.05, 0.1) is 21.3 Å². The summed E-state index contributed by atoms with van der Waals surface area (Å²) in [5.74, 6) is 1.87. The van der Waals surface area contributed by atoms with Crippen molar-refractivity contribution >= 4 is 5.71 Å². The number of nitrogens with zero attached hydrogens (tertiary/aromatic N) is 1. The minimum Gasteiger partial charge on any atom is -0.493 e. The van der Waals surface area contributed by atoms with Gasteiger partial charge in [-0.1, -0.05) is 0 Å². The van der Waals surface area contributed by atoms with Crippen molar-refractivity contribution in [1.82, 2.24) is 0 Å². The van der Waals surface area contributed by atoms with Crippen molar-refractivity contribution < 1.29 is 14.2 Å². The van der Waals surface area contributed by atoms with Crippen LogP contribution in [0.4, 0.5) is 0 Å². The first-order valence-corrected chi connectivity index (χ1v) is 4.91. The summed E-state index contributed by atoms with van der Waals surface area (Å²) >= 11 is 0. The molecule has 0 aliphatic carbocycles. The molecule has 4 nitrogen and oxygen atoms in total. The van der Waals surface area contributed by atoms with Gasteiger partial charge in [0.25, 0.3) is 0 Å². The highest BCUT2D eigenvalue weighted by Crippen LogP contribution is 2.38. The van der Waals surface area contributed by atoms with Gasteiger partial charge in [-0.3, -0.25) is 4.99 Å². The van der Waals surface area contributed by atoms with E-state index in [4.69, 9.17) is 14.2 Å². The molecule has 0 heterocycles. The molecule has 0 spiro atoms. The van der Waals surface area contributed by atoms with Crippen LogP contribution >= 0.6 is 0 Å². The predicted molar refractivity (Wildman–Crippen MR) is 64.2 cm³/mol. The van der Waals surface area contributed by atoms with E-state index in [1.165, 1.54) is 0 Å². The van der Waals surface area contributed by atoms with Crippen LogP contribution in [0.2, 0.25) is 0 Å². The predicted octanol–water partition coefficient (Wildman–Crippen LogP) is 2.15. The van der Waals surface area contributed by atoms with E-state index in [1.54, 1.807) is 28.4 Å². The number of ether oxygens (including phenoxy) is 3. The van der Waals surface area contributed by atoms with Gasteiger partial charge in [-0.05, 0) is 19.1 Å². The van der Waals surface area contributed by atoms with E-state index in [2.05, 4.69) is 4.99 Å². The topological polar surface area (TPSA) is 40.0 Å². The van der Waals surface area contributed by atoms with Gasteiger partial charge >= 0.3 is 0 Å². The Labute approximate surface area is 95.9 Å². The highest BCUT2D eigenvalue weighted by Gasteiger charge is 2.13. The van der Waals surface area contributed by atoms with Crippen molar-refractivity contribution in [3.05, 3.63) is 17.7 Å². The molecule has 0 aliphatic heterocycles. The molecule has 0 radical (unpaired) electrons. The Morgan fingerprint density at radius 3 is 1.81 bits per heavy atom. The summed E-state index contributed by atoms with van der Waals surface area (Å²) in [4.78, 5) is 4.13. The second kappa shape index (κ2) is 5.39. The summed E-state index contributed by atoms with van der Waals surface area (Å²) in [6, 6.07) is 3.76. The fourth-order valence-corrected chi connectivity index (χ4v) is 1.42. The highest BCUT2D eigenvalue weighted by atomic mass is 16.5. The van der Waals surface area contributed by atoms with Crippen molar-refractivity contribution in [3.8, 4) is 17.2 Å². The molecule has 1 aromatic carbocycles. The van der Waals surface area contributed by atoms with Crippen molar-refractivity contribution in [2.45, 2.75) is 6.92 Å². The maximum atomic E-state index is 5.25. The van der Waals surface area contributed by atoms with Crippen molar-refractivity contribution in [2.24, 2.45) is 4.99 Å². The van der Waals surface area contributed by atoms with Crippen LogP contribution in [-0.4, -0.2) is 34.1 Å². The molecule has 0 atom stereocenters. The van der Waals surface area contributed by atoms with E-state index in [9.17, 15) is 0 Å². The molecule has 0 unspecified atom stereocenters. The number of hydrogen-bond donors (Lipinski definition) is 0. The Bertz CT molecular complexity index is 374. The Balaban J connectivity index is 3.37. The summed E-state index contributed by atoms with van der Waals surface area (Å²) in [6.45, 7) is 1.93. The smallest absolute Gasteiger partial charge is 0.203 e. The molecule has 0 amide bonds. The number of hydrogen-bond acceptors (Lipinski definition) is 4. The maximum absolute atomic E-state index is 5.25. The molecule has 0 N–H and O–H groups in total. The molecule has 0 saturated heterocycles. The van der Waals surface area contributed by atoms with Gasteiger partial charge in [-0.15, -0.1) is 0 Å². The standard InChI is InChI=1S/C12H17NO3/c1-8(13-2)9-6-10(14-3)12(16-5)11(7-9)15-4/h6-7H,1-5H3. The molecule has 16 heavy (non-hydrogen) atoms. The lowest BCUT2D eigenvalue weighted by atomic mass is 10.1. The first-order chi connectivity index (χ1) is 7.67. The fraction of sp³-hybridized carbons (Fsp3) is 0.417. The molecule has 0 aromatic heterocycles. The Hall–Kier alpha value is -1.71.